The van der Waals surface area contributed by atoms with Crippen molar-refractivity contribution in [3.63, 3.8) is 0 Å². The molecule has 1 heterocycles. The largest absolute Gasteiger partial charge is 0.508 e. The fraction of sp³-hybridized carbons (Fsp3) is 0.357. The zero-order valence-electron chi connectivity index (χ0n) is 10.0. The molecule has 1 unspecified atom stereocenters. The van der Waals surface area contributed by atoms with Gasteiger partial charge in [-0.25, -0.2) is 4.79 Å². The second-order valence-electron chi connectivity index (χ2n) is 4.16. The zero-order valence-corrected chi connectivity index (χ0v) is 10.0. The smallest absolute Gasteiger partial charge is 0.333 e. The van der Waals surface area contributed by atoms with Gasteiger partial charge < -0.3 is 14.6 Å². The minimum Gasteiger partial charge on any atom is -0.508 e. The van der Waals surface area contributed by atoms with Crippen LogP contribution in [-0.4, -0.2) is 24.0 Å². The third-order valence-electron chi connectivity index (χ3n) is 2.69. The monoisotopic (exact) mass is 248 g/mol. The molecule has 0 amide bonds. The van der Waals surface area contributed by atoms with Crippen LogP contribution in [0.4, 0.5) is 0 Å². The fourth-order valence-electron chi connectivity index (χ4n) is 1.72. The summed E-state index contributed by atoms with van der Waals surface area (Å²) < 4.78 is 10.4. The van der Waals surface area contributed by atoms with Crippen LogP contribution < -0.4 is 0 Å². The van der Waals surface area contributed by atoms with Crippen molar-refractivity contribution in [3.05, 3.63) is 35.9 Å². The number of rotatable bonds is 3. The molecular formula is C14H16O4. The van der Waals surface area contributed by atoms with E-state index < -0.39 is 12.3 Å². The SMILES string of the molecule is O=C(/C=C/c1ccc(O)cc1)OC1CCCCO1. The highest BCUT2D eigenvalue weighted by Crippen LogP contribution is 2.14. The Morgan fingerprint density at radius 1 is 1.33 bits per heavy atom. The normalized spacial score (nSPS) is 19.9. The molecule has 2 rings (SSSR count). The van der Waals surface area contributed by atoms with Crippen LogP contribution in [0.25, 0.3) is 6.08 Å². The van der Waals surface area contributed by atoms with Crippen LogP contribution in [-0.2, 0) is 14.3 Å². The van der Waals surface area contributed by atoms with Crippen molar-refractivity contribution >= 4 is 12.0 Å². The van der Waals surface area contributed by atoms with Gasteiger partial charge in [0.2, 0.25) is 6.29 Å². The van der Waals surface area contributed by atoms with E-state index in [1.807, 2.05) is 0 Å². The molecule has 0 saturated carbocycles. The molecule has 0 aromatic heterocycles. The van der Waals surface area contributed by atoms with Crippen molar-refractivity contribution in [2.24, 2.45) is 0 Å². The van der Waals surface area contributed by atoms with Crippen LogP contribution in [0.1, 0.15) is 24.8 Å². The van der Waals surface area contributed by atoms with Gasteiger partial charge in [0.15, 0.2) is 0 Å². The maximum atomic E-state index is 11.5. The number of benzene rings is 1. The summed E-state index contributed by atoms with van der Waals surface area (Å²) in [5.74, 6) is -0.208. The maximum Gasteiger partial charge on any atom is 0.333 e. The molecule has 18 heavy (non-hydrogen) atoms. The van der Waals surface area contributed by atoms with Crippen molar-refractivity contribution in [2.45, 2.75) is 25.6 Å². The number of hydrogen-bond donors (Lipinski definition) is 1. The number of carbonyl (C=O) groups is 1. The summed E-state index contributed by atoms with van der Waals surface area (Å²) >= 11 is 0. The summed E-state index contributed by atoms with van der Waals surface area (Å²) in [6, 6.07) is 6.57. The topological polar surface area (TPSA) is 55.8 Å². The van der Waals surface area contributed by atoms with Gasteiger partial charge in [0.25, 0.3) is 0 Å². The lowest BCUT2D eigenvalue weighted by molar-refractivity contribution is -0.181. The quantitative estimate of drug-likeness (QED) is 0.659. The minimum atomic E-state index is -0.407. The van der Waals surface area contributed by atoms with E-state index in [4.69, 9.17) is 14.6 Å². The highest BCUT2D eigenvalue weighted by atomic mass is 16.7. The van der Waals surface area contributed by atoms with Crippen LogP contribution in [0.15, 0.2) is 30.3 Å². The van der Waals surface area contributed by atoms with E-state index in [9.17, 15) is 4.79 Å². The average molecular weight is 248 g/mol. The second-order valence-corrected chi connectivity index (χ2v) is 4.16. The predicted molar refractivity (Wildman–Crippen MR) is 66.8 cm³/mol. The van der Waals surface area contributed by atoms with Gasteiger partial charge in [-0.05, 0) is 36.6 Å². The Labute approximate surface area is 106 Å². The van der Waals surface area contributed by atoms with Crippen molar-refractivity contribution < 1.29 is 19.4 Å². The molecule has 1 N–H and O–H groups in total. The first-order chi connectivity index (χ1) is 8.74. The van der Waals surface area contributed by atoms with Gasteiger partial charge in [-0.2, -0.15) is 0 Å². The van der Waals surface area contributed by atoms with E-state index in [2.05, 4.69) is 0 Å². The molecule has 0 spiro atoms. The number of aromatic hydroxyl groups is 1. The first kappa shape index (κ1) is 12.6. The first-order valence-electron chi connectivity index (χ1n) is 6.03. The van der Waals surface area contributed by atoms with Gasteiger partial charge in [0.1, 0.15) is 5.75 Å². The van der Waals surface area contributed by atoms with E-state index in [-0.39, 0.29) is 5.75 Å². The maximum absolute atomic E-state index is 11.5. The van der Waals surface area contributed by atoms with E-state index >= 15 is 0 Å². The molecule has 0 bridgehead atoms. The Kier molecular flexibility index (Phi) is 4.36. The molecule has 4 nitrogen and oxygen atoms in total. The van der Waals surface area contributed by atoms with E-state index in [0.717, 1.165) is 24.8 Å². The standard InChI is InChI=1S/C14H16O4/c15-12-7-4-11(5-8-12)6-9-13(16)18-14-3-1-2-10-17-14/h4-9,14-15H,1-3,10H2/b9-6+. The molecule has 1 atom stereocenters. The molecule has 1 aromatic carbocycles. The van der Waals surface area contributed by atoms with Crippen LogP contribution in [0.5, 0.6) is 5.75 Å². The molecule has 1 aliphatic heterocycles. The molecule has 1 aromatic rings. The van der Waals surface area contributed by atoms with Gasteiger partial charge in [-0.15, -0.1) is 0 Å². The van der Waals surface area contributed by atoms with E-state index in [0.29, 0.717) is 6.61 Å². The molecule has 0 aliphatic carbocycles. The van der Waals surface area contributed by atoms with Crippen LogP contribution >= 0.6 is 0 Å². The number of hydrogen-bond acceptors (Lipinski definition) is 4. The fourth-order valence-corrected chi connectivity index (χ4v) is 1.72. The Morgan fingerprint density at radius 2 is 2.11 bits per heavy atom. The summed E-state index contributed by atoms with van der Waals surface area (Å²) in [5.41, 5.74) is 0.828. The van der Waals surface area contributed by atoms with Crippen LogP contribution in [0.2, 0.25) is 0 Å². The predicted octanol–water partition coefficient (Wildman–Crippen LogP) is 2.48. The van der Waals surface area contributed by atoms with Gasteiger partial charge in [-0.3, -0.25) is 0 Å². The number of ether oxygens (including phenoxy) is 2. The lowest BCUT2D eigenvalue weighted by Gasteiger charge is -2.21. The average Bonchev–Trinajstić information content (AvgIpc) is 2.39. The van der Waals surface area contributed by atoms with Crippen LogP contribution in [0, 0.1) is 0 Å². The Hall–Kier alpha value is -1.81. The molecule has 1 saturated heterocycles. The highest BCUT2D eigenvalue weighted by molar-refractivity contribution is 5.87. The van der Waals surface area contributed by atoms with Gasteiger partial charge in [0.05, 0.1) is 6.61 Å². The summed E-state index contributed by atoms with van der Waals surface area (Å²) in [7, 11) is 0. The highest BCUT2D eigenvalue weighted by Gasteiger charge is 2.16. The molecule has 96 valence electrons. The minimum absolute atomic E-state index is 0.199. The summed E-state index contributed by atoms with van der Waals surface area (Å²) in [4.78, 5) is 11.5. The van der Waals surface area contributed by atoms with Crippen molar-refractivity contribution in [1.82, 2.24) is 0 Å². The van der Waals surface area contributed by atoms with Gasteiger partial charge in [-0.1, -0.05) is 12.1 Å². The van der Waals surface area contributed by atoms with Crippen LogP contribution in [0.3, 0.4) is 0 Å². The van der Waals surface area contributed by atoms with Gasteiger partial charge in [0, 0.05) is 12.5 Å². The zero-order chi connectivity index (χ0) is 12.8. The molecule has 4 heteroatoms. The van der Waals surface area contributed by atoms with Crippen molar-refractivity contribution in [1.29, 1.82) is 0 Å². The van der Waals surface area contributed by atoms with E-state index in [1.54, 1.807) is 30.3 Å². The number of phenolic OH excluding ortho intramolecular Hbond substituents is 1. The third kappa shape index (κ3) is 3.89. The molecule has 0 radical (unpaired) electrons. The molecule has 1 aliphatic rings. The molecule has 1 fully saturated rings. The Balaban J connectivity index is 1.84. The Bertz CT molecular complexity index is 416. The lowest BCUT2D eigenvalue weighted by Crippen LogP contribution is -2.24. The summed E-state index contributed by atoms with van der Waals surface area (Å²) in [6.07, 6.45) is 5.42. The molecular weight excluding hydrogens is 232 g/mol. The number of carbonyl (C=O) groups excluding carboxylic acids is 1. The third-order valence-corrected chi connectivity index (χ3v) is 2.69. The van der Waals surface area contributed by atoms with Crippen molar-refractivity contribution in [3.8, 4) is 5.75 Å². The van der Waals surface area contributed by atoms with Gasteiger partial charge >= 0.3 is 5.97 Å². The number of phenols is 1. The number of esters is 1. The summed E-state index contributed by atoms with van der Waals surface area (Å²) in [6.45, 7) is 0.652. The lowest BCUT2D eigenvalue weighted by atomic mass is 10.2. The first-order valence-corrected chi connectivity index (χ1v) is 6.03. The van der Waals surface area contributed by atoms with E-state index in [1.165, 1.54) is 6.08 Å². The Morgan fingerprint density at radius 3 is 2.78 bits per heavy atom. The van der Waals surface area contributed by atoms with Crippen molar-refractivity contribution in [2.75, 3.05) is 6.61 Å². The summed E-state index contributed by atoms with van der Waals surface area (Å²) in [5, 5.41) is 9.12. The second kappa shape index (κ2) is 6.21.